The summed E-state index contributed by atoms with van der Waals surface area (Å²) in [5, 5.41) is 5.49. The summed E-state index contributed by atoms with van der Waals surface area (Å²) in [5.74, 6) is 0. The number of nitrogens with zero attached hydrogens (tertiary/aromatic N) is 1. The molecule has 0 rings (SSSR count). The fourth-order valence-electron chi connectivity index (χ4n) is 0.661. The molecule has 0 aromatic rings. The highest BCUT2D eigenvalue weighted by Gasteiger charge is 1.94. The highest BCUT2D eigenvalue weighted by atomic mass is 32.1. The zero-order chi connectivity index (χ0) is 9.40. The molecule has 0 aliphatic rings. The third kappa shape index (κ3) is 7.71. The molecule has 5 heteroatoms. The van der Waals surface area contributed by atoms with Crippen LogP contribution >= 0.6 is 12.2 Å². The molecular weight excluding hydrogens is 174 g/mol. The second kappa shape index (κ2) is 7.27. The molecule has 12 heavy (non-hydrogen) atoms. The van der Waals surface area contributed by atoms with Crippen molar-refractivity contribution < 1.29 is 4.74 Å². The van der Waals surface area contributed by atoms with Gasteiger partial charge in [-0.1, -0.05) is 0 Å². The maximum absolute atomic E-state index is 4.98. The van der Waals surface area contributed by atoms with Crippen molar-refractivity contribution in [1.29, 1.82) is 0 Å². The van der Waals surface area contributed by atoms with Crippen molar-refractivity contribution in [2.45, 2.75) is 6.42 Å². The Morgan fingerprint density at radius 1 is 1.50 bits per heavy atom. The van der Waals surface area contributed by atoms with Gasteiger partial charge in [-0.15, -0.1) is 0 Å². The smallest absolute Gasteiger partial charge is 0.180 e. The minimum absolute atomic E-state index is 0.649. The van der Waals surface area contributed by atoms with E-state index in [2.05, 4.69) is 10.7 Å². The molecule has 0 saturated carbocycles. The molecular formula is C7H17N3OS. The van der Waals surface area contributed by atoms with Gasteiger partial charge in [-0.25, -0.2) is 5.01 Å². The largest absolute Gasteiger partial charge is 0.385 e. The summed E-state index contributed by atoms with van der Waals surface area (Å²) in [6, 6.07) is 0. The standard InChI is InChI=1S/C7H17N3OS/c1-10(2)9-7(12)8-5-4-6-11-3/h4-6H2,1-3H3,(H2,8,9,12). The summed E-state index contributed by atoms with van der Waals surface area (Å²) in [5.41, 5.74) is 2.93. The summed E-state index contributed by atoms with van der Waals surface area (Å²) in [6.45, 7) is 1.60. The maximum Gasteiger partial charge on any atom is 0.180 e. The predicted octanol–water partition coefficient (Wildman–Crippen LogP) is -0.0364. The van der Waals surface area contributed by atoms with E-state index in [0.717, 1.165) is 19.6 Å². The quantitative estimate of drug-likeness (QED) is 0.362. The van der Waals surface area contributed by atoms with E-state index in [4.69, 9.17) is 17.0 Å². The lowest BCUT2D eigenvalue weighted by Crippen LogP contribution is -2.43. The van der Waals surface area contributed by atoms with Crippen LogP contribution in [0.1, 0.15) is 6.42 Å². The van der Waals surface area contributed by atoms with Crippen molar-refractivity contribution in [2.24, 2.45) is 0 Å². The molecule has 72 valence electrons. The van der Waals surface area contributed by atoms with Gasteiger partial charge in [0, 0.05) is 34.4 Å². The first-order chi connectivity index (χ1) is 5.66. The Balaban J connectivity index is 3.20. The fraction of sp³-hybridized carbons (Fsp3) is 0.857. The van der Waals surface area contributed by atoms with Crippen molar-refractivity contribution >= 4 is 17.3 Å². The molecule has 4 nitrogen and oxygen atoms in total. The van der Waals surface area contributed by atoms with Gasteiger partial charge in [0.25, 0.3) is 0 Å². The van der Waals surface area contributed by atoms with E-state index in [-0.39, 0.29) is 0 Å². The Morgan fingerprint density at radius 3 is 2.67 bits per heavy atom. The molecule has 0 atom stereocenters. The molecule has 0 spiro atoms. The molecule has 0 heterocycles. The number of thiocarbonyl (C=S) groups is 1. The molecule has 0 bridgehead atoms. The van der Waals surface area contributed by atoms with E-state index >= 15 is 0 Å². The second-order valence-electron chi connectivity index (χ2n) is 2.61. The maximum atomic E-state index is 4.98. The predicted molar refractivity (Wildman–Crippen MR) is 53.9 cm³/mol. The number of hydrogen-bond acceptors (Lipinski definition) is 3. The third-order valence-electron chi connectivity index (χ3n) is 1.14. The molecule has 0 saturated heterocycles. The molecule has 0 radical (unpaired) electrons. The average molecular weight is 191 g/mol. The van der Waals surface area contributed by atoms with Crippen LogP contribution in [0, 0.1) is 0 Å². The Bertz CT molecular complexity index is 130. The van der Waals surface area contributed by atoms with E-state index < -0.39 is 0 Å². The van der Waals surface area contributed by atoms with Crippen molar-refractivity contribution in [1.82, 2.24) is 15.8 Å². The van der Waals surface area contributed by atoms with Gasteiger partial charge in [-0.3, -0.25) is 5.43 Å². The van der Waals surface area contributed by atoms with Crippen LogP contribution < -0.4 is 10.7 Å². The van der Waals surface area contributed by atoms with Crippen molar-refractivity contribution in [3.05, 3.63) is 0 Å². The van der Waals surface area contributed by atoms with E-state index in [1.54, 1.807) is 12.1 Å². The molecule has 0 aliphatic heterocycles. The number of hydrazine groups is 1. The van der Waals surface area contributed by atoms with Gasteiger partial charge in [0.1, 0.15) is 0 Å². The van der Waals surface area contributed by atoms with Crippen LogP contribution in [0.25, 0.3) is 0 Å². The van der Waals surface area contributed by atoms with Crippen LogP contribution in [-0.2, 0) is 4.74 Å². The first-order valence-electron chi connectivity index (χ1n) is 3.87. The SMILES string of the molecule is COCCCNC(=S)NN(C)C. The van der Waals surface area contributed by atoms with E-state index in [1.807, 2.05) is 14.1 Å². The normalized spacial score (nSPS) is 10.0. The lowest BCUT2D eigenvalue weighted by atomic mass is 10.4. The Hall–Kier alpha value is -0.390. The molecule has 0 amide bonds. The van der Waals surface area contributed by atoms with E-state index in [1.165, 1.54) is 0 Å². The van der Waals surface area contributed by atoms with Gasteiger partial charge in [-0.05, 0) is 18.6 Å². The van der Waals surface area contributed by atoms with Crippen LogP contribution in [0.5, 0.6) is 0 Å². The number of methoxy groups -OCH3 is 1. The second-order valence-corrected chi connectivity index (χ2v) is 3.02. The van der Waals surface area contributed by atoms with E-state index in [0.29, 0.717) is 5.11 Å². The van der Waals surface area contributed by atoms with Gasteiger partial charge >= 0.3 is 0 Å². The highest BCUT2D eigenvalue weighted by molar-refractivity contribution is 7.80. The van der Waals surface area contributed by atoms with Gasteiger partial charge < -0.3 is 10.1 Å². The zero-order valence-electron chi connectivity index (χ0n) is 7.89. The van der Waals surface area contributed by atoms with Crippen LogP contribution in [0.3, 0.4) is 0 Å². The Labute approximate surface area is 79.2 Å². The van der Waals surface area contributed by atoms with Crippen LogP contribution in [0.2, 0.25) is 0 Å². The van der Waals surface area contributed by atoms with Gasteiger partial charge in [0.15, 0.2) is 5.11 Å². The van der Waals surface area contributed by atoms with Gasteiger partial charge in [-0.2, -0.15) is 0 Å². The summed E-state index contributed by atoms with van der Waals surface area (Å²) in [6.07, 6.45) is 0.964. The van der Waals surface area contributed by atoms with Crippen LogP contribution in [0.15, 0.2) is 0 Å². The first kappa shape index (κ1) is 11.6. The topological polar surface area (TPSA) is 36.5 Å². The van der Waals surface area contributed by atoms with Crippen LogP contribution in [0.4, 0.5) is 0 Å². The van der Waals surface area contributed by atoms with Gasteiger partial charge in [0.2, 0.25) is 0 Å². The third-order valence-corrected chi connectivity index (χ3v) is 1.37. The van der Waals surface area contributed by atoms with Crippen molar-refractivity contribution in [2.75, 3.05) is 34.4 Å². The number of nitrogens with one attached hydrogen (secondary N) is 2. The highest BCUT2D eigenvalue weighted by Crippen LogP contribution is 1.77. The number of ether oxygens (including phenoxy) is 1. The molecule has 0 unspecified atom stereocenters. The summed E-state index contributed by atoms with van der Waals surface area (Å²) >= 11 is 4.98. The average Bonchev–Trinajstić information content (AvgIpc) is 1.97. The summed E-state index contributed by atoms with van der Waals surface area (Å²) < 4.78 is 4.89. The lowest BCUT2D eigenvalue weighted by Gasteiger charge is -2.15. The van der Waals surface area contributed by atoms with E-state index in [9.17, 15) is 0 Å². The zero-order valence-corrected chi connectivity index (χ0v) is 8.70. The molecule has 0 fully saturated rings. The monoisotopic (exact) mass is 191 g/mol. The molecule has 0 aromatic heterocycles. The number of hydrogen-bond donors (Lipinski definition) is 2. The Kier molecular flexibility index (Phi) is 7.03. The van der Waals surface area contributed by atoms with Crippen LogP contribution in [-0.4, -0.2) is 44.5 Å². The molecule has 0 aromatic carbocycles. The minimum atomic E-state index is 0.649. The van der Waals surface area contributed by atoms with Crippen molar-refractivity contribution in [3.8, 4) is 0 Å². The fourth-order valence-corrected chi connectivity index (χ4v) is 0.946. The number of rotatable bonds is 5. The first-order valence-corrected chi connectivity index (χ1v) is 4.28. The summed E-state index contributed by atoms with van der Waals surface area (Å²) in [7, 11) is 5.47. The lowest BCUT2D eigenvalue weighted by molar-refractivity contribution is 0.195. The minimum Gasteiger partial charge on any atom is -0.385 e. The molecule has 2 N–H and O–H groups in total. The molecule has 0 aliphatic carbocycles. The summed E-state index contributed by atoms with van der Waals surface area (Å²) in [4.78, 5) is 0. The van der Waals surface area contributed by atoms with Crippen molar-refractivity contribution in [3.63, 3.8) is 0 Å². The van der Waals surface area contributed by atoms with Gasteiger partial charge in [0.05, 0.1) is 0 Å². The Morgan fingerprint density at radius 2 is 2.17 bits per heavy atom.